The predicted octanol–water partition coefficient (Wildman–Crippen LogP) is 2.42. The standard InChI is InChI=1S/C12H17N3O4/c1-12(2,3)11(13)6-8-4-5-9(14(16)17)7-10(8)15(18)19/h4-5,7,11H,6,13H2,1-3H3. The minimum Gasteiger partial charge on any atom is -0.327 e. The Balaban J connectivity index is 3.14. The SMILES string of the molecule is CC(C)(C)C(N)Cc1ccc([N+](=O)[O-])cc1[N+](=O)[O-]. The van der Waals surface area contributed by atoms with E-state index >= 15 is 0 Å². The Hall–Kier alpha value is -2.02. The second-order valence-electron chi connectivity index (χ2n) is 5.50. The first-order valence-electron chi connectivity index (χ1n) is 5.80. The maximum Gasteiger partial charge on any atom is 0.279 e. The lowest BCUT2D eigenvalue weighted by Crippen LogP contribution is -2.37. The molecule has 1 atom stereocenters. The molecular weight excluding hydrogens is 250 g/mol. The van der Waals surface area contributed by atoms with Gasteiger partial charge in [-0.3, -0.25) is 20.2 Å². The van der Waals surface area contributed by atoms with Gasteiger partial charge in [0.1, 0.15) is 0 Å². The average Bonchev–Trinajstić information content (AvgIpc) is 2.27. The molecule has 0 radical (unpaired) electrons. The lowest BCUT2D eigenvalue weighted by atomic mass is 9.83. The van der Waals surface area contributed by atoms with Crippen LogP contribution in [0.15, 0.2) is 18.2 Å². The lowest BCUT2D eigenvalue weighted by molar-refractivity contribution is -0.394. The Morgan fingerprint density at radius 2 is 1.79 bits per heavy atom. The van der Waals surface area contributed by atoms with E-state index in [-0.39, 0.29) is 22.8 Å². The highest BCUT2D eigenvalue weighted by molar-refractivity contribution is 5.49. The molecular formula is C12H17N3O4. The third kappa shape index (κ3) is 3.72. The van der Waals surface area contributed by atoms with Crippen molar-refractivity contribution in [3.8, 4) is 0 Å². The van der Waals surface area contributed by atoms with Gasteiger partial charge in [-0.05, 0) is 17.9 Å². The Morgan fingerprint density at radius 1 is 1.21 bits per heavy atom. The zero-order chi connectivity index (χ0) is 14.8. The Kier molecular flexibility index (Phi) is 4.21. The molecule has 0 amide bonds. The van der Waals surface area contributed by atoms with Gasteiger partial charge in [0.2, 0.25) is 0 Å². The quantitative estimate of drug-likeness (QED) is 0.664. The molecule has 1 rings (SSSR count). The molecule has 0 aliphatic carbocycles. The molecule has 0 bridgehead atoms. The van der Waals surface area contributed by atoms with Crippen LogP contribution in [-0.2, 0) is 6.42 Å². The zero-order valence-corrected chi connectivity index (χ0v) is 11.1. The van der Waals surface area contributed by atoms with Crippen molar-refractivity contribution in [1.29, 1.82) is 0 Å². The fourth-order valence-electron chi connectivity index (χ4n) is 1.55. The average molecular weight is 267 g/mol. The summed E-state index contributed by atoms with van der Waals surface area (Å²) >= 11 is 0. The van der Waals surface area contributed by atoms with Crippen LogP contribution in [0.25, 0.3) is 0 Å². The second kappa shape index (κ2) is 5.31. The Labute approximate surface area is 110 Å². The van der Waals surface area contributed by atoms with Crippen molar-refractivity contribution >= 4 is 11.4 Å². The molecule has 19 heavy (non-hydrogen) atoms. The first-order chi connectivity index (χ1) is 8.62. The van der Waals surface area contributed by atoms with Crippen LogP contribution >= 0.6 is 0 Å². The highest BCUT2D eigenvalue weighted by atomic mass is 16.6. The first kappa shape index (κ1) is 15.0. The third-order valence-electron chi connectivity index (χ3n) is 3.03. The van der Waals surface area contributed by atoms with Gasteiger partial charge in [0.15, 0.2) is 0 Å². The Morgan fingerprint density at radius 3 is 2.21 bits per heavy atom. The second-order valence-corrected chi connectivity index (χ2v) is 5.50. The van der Waals surface area contributed by atoms with Gasteiger partial charge in [0.05, 0.1) is 15.9 Å². The molecule has 0 aromatic heterocycles. The number of hydrogen-bond donors (Lipinski definition) is 1. The van der Waals surface area contributed by atoms with Gasteiger partial charge >= 0.3 is 0 Å². The van der Waals surface area contributed by atoms with Crippen molar-refractivity contribution in [2.24, 2.45) is 11.1 Å². The molecule has 1 unspecified atom stereocenters. The number of nitrogens with zero attached hydrogens (tertiary/aromatic N) is 2. The number of hydrogen-bond acceptors (Lipinski definition) is 5. The topological polar surface area (TPSA) is 112 Å². The van der Waals surface area contributed by atoms with Crippen molar-refractivity contribution in [2.45, 2.75) is 33.2 Å². The molecule has 0 spiro atoms. The molecule has 7 heteroatoms. The van der Waals surface area contributed by atoms with Gasteiger partial charge < -0.3 is 5.73 Å². The zero-order valence-electron chi connectivity index (χ0n) is 11.1. The van der Waals surface area contributed by atoms with Crippen molar-refractivity contribution < 1.29 is 9.85 Å². The van der Waals surface area contributed by atoms with Crippen molar-refractivity contribution in [3.63, 3.8) is 0 Å². The summed E-state index contributed by atoms with van der Waals surface area (Å²) in [4.78, 5) is 20.3. The molecule has 1 aromatic rings. The van der Waals surface area contributed by atoms with E-state index in [0.717, 1.165) is 6.07 Å². The molecule has 0 heterocycles. The predicted molar refractivity (Wildman–Crippen MR) is 70.9 cm³/mol. The monoisotopic (exact) mass is 267 g/mol. The minimum absolute atomic E-state index is 0.199. The summed E-state index contributed by atoms with van der Waals surface area (Å²) in [5, 5.41) is 21.6. The van der Waals surface area contributed by atoms with Gasteiger partial charge in [0.25, 0.3) is 11.4 Å². The number of nitro groups is 2. The number of nitro benzene ring substituents is 2. The van der Waals surface area contributed by atoms with Gasteiger partial charge in [-0.2, -0.15) is 0 Å². The number of rotatable bonds is 4. The van der Waals surface area contributed by atoms with Crippen LogP contribution < -0.4 is 5.73 Å². The van der Waals surface area contributed by atoms with E-state index in [0.29, 0.717) is 12.0 Å². The summed E-state index contributed by atoms with van der Waals surface area (Å²) in [5.41, 5.74) is 5.66. The largest absolute Gasteiger partial charge is 0.327 e. The van der Waals surface area contributed by atoms with Gasteiger partial charge in [-0.15, -0.1) is 0 Å². The van der Waals surface area contributed by atoms with Crippen LogP contribution in [0.5, 0.6) is 0 Å². The highest BCUT2D eigenvalue weighted by Gasteiger charge is 2.26. The highest BCUT2D eigenvalue weighted by Crippen LogP contribution is 2.28. The van der Waals surface area contributed by atoms with Crippen LogP contribution in [0, 0.1) is 25.6 Å². The third-order valence-corrected chi connectivity index (χ3v) is 3.03. The summed E-state index contributed by atoms with van der Waals surface area (Å²) in [6.45, 7) is 5.82. The molecule has 0 aliphatic rings. The van der Waals surface area contributed by atoms with Crippen LogP contribution in [0.2, 0.25) is 0 Å². The summed E-state index contributed by atoms with van der Waals surface area (Å²) in [7, 11) is 0. The van der Waals surface area contributed by atoms with Crippen LogP contribution in [0.1, 0.15) is 26.3 Å². The molecule has 0 saturated heterocycles. The molecule has 104 valence electrons. The summed E-state index contributed by atoms with van der Waals surface area (Å²) < 4.78 is 0. The molecule has 2 N–H and O–H groups in total. The summed E-state index contributed by atoms with van der Waals surface area (Å²) in [6.07, 6.45) is 0.303. The van der Waals surface area contributed by atoms with Gasteiger partial charge in [-0.1, -0.05) is 20.8 Å². The number of non-ortho nitro benzene ring substituents is 1. The molecule has 7 nitrogen and oxygen atoms in total. The maximum atomic E-state index is 11.0. The fraction of sp³-hybridized carbons (Fsp3) is 0.500. The lowest BCUT2D eigenvalue weighted by Gasteiger charge is -2.26. The summed E-state index contributed by atoms with van der Waals surface area (Å²) in [6, 6.07) is 3.37. The number of benzene rings is 1. The molecule has 1 aromatic carbocycles. The maximum absolute atomic E-state index is 11.0. The van der Waals surface area contributed by atoms with Gasteiger partial charge in [0, 0.05) is 17.7 Å². The van der Waals surface area contributed by atoms with Gasteiger partial charge in [-0.25, -0.2) is 0 Å². The van der Waals surface area contributed by atoms with E-state index in [4.69, 9.17) is 5.73 Å². The minimum atomic E-state index is -0.652. The van der Waals surface area contributed by atoms with Crippen LogP contribution in [0.3, 0.4) is 0 Å². The smallest absolute Gasteiger partial charge is 0.279 e. The van der Waals surface area contributed by atoms with E-state index in [1.807, 2.05) is 20.8 Å². The van der Waals surface area contributed by atoms with E-state index in [9.17, 15) is 20.2 Å². The van der Waals surface area contributed by atoms with Crippen molar-refractivity contribution in [2.75, 3.05) is 0 Å². The van der Waals surface area contributed by atoms with Crippen molar-refractivity contribution in [1.82, 2.24) is 0 Å². The van der Waals surface area contributed by atoms with Crippen LogP contribution in [0.4, 0.5) is 11.4 Å². The van der Waals surface area contributed by atoms with Crippen LogP contribution in [-0.4, -0.2) is 15.9 Å². The number of nitrogens with two attached hydrogens (primary N) is 1. The molecule has 0 fully saturated rings. The molecule has 0 saturated carbocycles. The van der Waals surface area contributed by atoms with E-state index in [1.165, 1.54) is 12.1 Å². The Bertz CT molecular complexity index is 508. The summed E-state index contributed by atoms with van der Waals surface area (Å²) in [5.74, 6) is 0. The normalized spacial score (nSPS) is 13.1. The fourth-order valence-corrected chi connectivity index (χ4v) is 1.55. The molecule has 0 aliphatic heterocycles. The van der Waals surface area contributed by atoms with E-state index < -0.39 is 9.85 Å². The van der Waals surface area contributed by atoms with Crippen molar-refractivity contribution in [3.05, 3.63) is 44.0 Å². The van der Waals surface area contributed by atoms with E-state index in [1.54, 1.807) is 0 Å². The first-order valence-corrected chi connectivity index (χ1v) is 5.80. The van der Waals surface area contributed by atoms with E-state index in [2.05, 4.69) is 0 Å².